The van der Waals surface area contributed by atoms with E-state index in [2.05, 4.69) is 15.1 Å². The Balaban J connectivity index is 2.35. The van der Waals surface area contributed by atoms with E-state index in [0.29, 0.717) is 0 Å². The quantitative estimate of drug-likeness (QED) is 0.631. The van der Waals surface area contributed by atoms with Gasteiger partial charge < -0.3 is 5.11 Å². The Hall–Kier alpha value is -0.870. The molecular weight excluding hydrogens is 154 g/mol. The van der Waals surface area contributed by atoms with Crippen LogP contribution in [0.4, 0.5) is 0 Å². The largest absolute Gasteiger partial charge is 0.391 e. The summed E-state index contributed by atoms with van der Waals surface area (Å²) >= 11 is 0. The van der Waals surface area contributed by atoms with Crippen LogP contribution in [0.25, 0.3) is 0 Å². The number of hydrogen-bond donors (Lipinski definition) is 2. The van der Waals surface area contributed by atoms with Crippen LogP contribution in [-0.2, 0) is 6.54 Å². The van der Waals surface area contributed by atoms with E-state index < -0.39 is 0 Å². The minimum absolute atomic E-state index is 0.110. The van der Waals surface area contributed by atoms with Crippen LogP contribution in [0.3, 0.4) is 0 Å². The minimum Gasteiger partial charge on any atom is -0.391 e. The molecule has 2 rings (SSSR count). The Morgan fingerprint density at radius 2 is 2.58 bits per heavy atom. The highest BCUT2D eigenvalue weighted by Gasteiger charge is 2.32. The number of aromatic nitrogens is 2. The zero-order chi connectivity index (χ0) is 8.72. The third-order valence-corrected chi connectivity index (χ3v) is 2.41. The molecule has 2 atom stereocenters. The van der Waals surface area contributed by atoms with Crippen LogP contribution < -0.4 is 0 Å². The average molecular weight is 167 g/mol. The van der Waals surface area contributed by atoms with Crippen molar-refractivity contribution in [2.75, 3.05) is 7.05 Å². The van der Waals surface area contributed by atoms with Crippen molar-refractivity contribution < 1.29 is 5.11 Å². The number of hydrogen-bond acceptors (Lipinski definition) is 3. The molecule has 1 aromatic rings. The maximum Gasteiger partial charge on any atom is 0.0710 e. The Kier molecular flexibility index (Phi) is 1.66. The molecule has 0 radical (unpaired) electrons. The molecule has 0 saturated heterocycles. The Labute approximate surface area is 71.2 Å². The molecule has 0 spiro atoms. The van der Waals surface area contributed by atoms with E-state index in [9.17, 15) is 5.11 Å². The molecule has 0 aromatic carbocycles. The van der Waals surface area contributed by atoms with Gasteiger partial charge >= 0.3 is 0 Å². The predicted molar refractivity (Wildman–Crippen MR) is 44.5 cm³/mol. The van der Waals surface area contributed by atoms with Crippen LogP contribution in [0.5, 0.6) is 0 Å². The van der Waals surface area contributed by atoms with E-state index in [1.54, 1.807) is 6.20 Å². The number of likely N-dealkylation sites (N-methyl/N-ethyl adjacent to an activating group) is 1. The Morgan fingerprint density at radius 3 is 3.25 bits per heavy atom. The van der Waals surface area contributed by atoms with E-state index >= 15 is 0 Å². The smallest absolute Gasteiger partial charge is 0.0710 e. The molecule has 0 amide bonds. The summed E-state index contributed by atoms with van der Waals surface area (Å²) in [5.41, 5.74) is 2.26. The first-order chi connectivity index (χ1) is 5.70. The fraction of sp³-hybridized carbons (Fsp3) is 0.625. The number of nitrogens with one attached hydrogen (secondary N) is 1. The molecule has 0 bridgehead atoms. The van der Waals surface area contributed by atoms with Crippen molar-refractivity contribution in [1.29, 1.82) is 0 Å². The highest BCUT2D eigenvalue weighted by atomic mass is 16.3. The summed E-state index contributed by atoms with van der Waals surface area (Å²) in [7, 11) is 2.01. The second-order valence-electron chi connectivity index (χ2n) is 3.40. The van der Waals surface area contributed by atoms with Gasteiger partial charge in [0.25, 0.3) is 0 Å². The first kappa shape index (κ1) is 7.76. The number of nitrogens with zero attached hydrogens (tertiary/aromatic N) is 2. The molecule has 4 nitrogen and oxygen atoms in total. The molecule has 2 unspecified atom stereocenters. The fourth-order valence-electron chi connectivity index (χ4n) is 1.92. The zero-order valence-electron chi connectivity index (χ0n) is 7.28. The lowest BCUT2D eigenvalue weighted by molar-refractivity contribution is 0.0848. The molecule has 0 saturated carbocycles. The van der Waals surface area contributed by atoms with Gasteiger partial charge in [0.1, 0.15) is 0 Å². The van der Waals surface area contributed by atoms with Crippen molar-refractivity contribution >= 4 is 0 Å². The summed E-state index contributed by atoms with van der Waals surface area (Å²) in [6.07, 6.45) is 1.46. The molecule has 12 heavy (non-hydrogen) atoms. The van der Waals surface area contributed by atoms with Gasteiger partial charge in [-0.15, -0.1) is 0 Å². The summed E-state index contributed by atoms with van der Waals surface area (Å²) in [5.74, 6) is 0. The van der Waals surface area contributed by atoms with Crippen LogP contribution in [0.2, 0.25) is 0 Å². The molecule has 2 heterocycles. The summed E-state index contributed by atoms with van der Waals surface area (Å²) in [6, 6.07) is 0.110. The van der Waals surface area contributed by atoms with Crippen molar-refractivity contribution in [2.24, 2.45) is 0 Å². The first-order valence-electron chi connectivity index (χ1n) is 4.10. The summed E-state index contributed by atoms with van der Waals surface area (Å²) in [5, 5.41) is 16.4. The highest BCUT2D eigenvalue weighted by Crippen LogP contribution is 2.32. The molecule has 1 aliphatic rings. The van der Waals surface area contributed by atoms with E-state index in [-0.39, 0.29) is 12.1 Å². The monoisotopic (exact) mass is 167 g/mol. The van der Waals surface area contributed by atoms with Gasteiger partial charge in [-0.1, -0.05) is 0 Å². The summed E-state index contributed by atoms with van der Waals surface area (Å²) in [6.45, 7) is 2.66. The van der Waals surface area contributed by atoms with Crippen LogP contribution in [-0.4, -0.2) is 33.4 Å². The van der Waals surface area contributed by atoms with Gasteiger partial charge in [0.2, 0.25) is 0 Å². The SMILES string of the molecule is CC(O)C1c2cn[nH]c2CN1C. The molecule has 4 heteroatoms. The lowest BCUT2D eigenvalue weighted by Gasteiger charge is -2.22. The molecular formula is C8H13N3O. The van der Waals surface area contributed by atoms with Crippen LogP contribution in [0.1, 0.15) is 24.2 Å². The van der Waals surface area contributed by atoms with Gasteiger partial charge in [0.05, 0.1) is 24.0 Å². The second-order valence-corrected chi connectivity index (χ2v) is 3.40. The molecule has 0 fully saturated rings. The Bertz CT molecular complexity index is 282. The molecule has 66 valence electrons. The van der Waals surface area contributed by atoms with E-state index in [1.165, 1.54) is 0 Å². The lowest BCUT2D eigenvalue weighted by atomic mass is 10.1. The van der Waals surface area contributed by atoms with Crippen molar-refractivity contribution in [3.8, 4) is 0 Å². The van der Waals surface area contributed by atoms with Crippen molar-refractivity contribution in [3.63, 3.8) is 0 Å². The van der Waals surface area contributed by atoms with Gasteiger partial charge in [0, 0.05) is 12.1 Å². The van der Waals surface area contributed by atoms with Gasteiger partial charge in [-0.05, 0) is 14.0 Å². The van der Waals surface area contributed by atoms with Gasteiger partial charge in [0.15, 0.2) is 0 Å². The fourth-order valence-corrected chi connectivity index (χ4v) is 1.92. The first-order valence-corrected chi connectivity index (χ1v) is 4.10. The normalized spacial score (nSPS) is 25.8. The maximum absolute atomic E-state index is 9.50. The third-order valence-electron chi connectivity index (χ3n) is 2.41. The average Bonchev–Trinajstić information content (AvgIpc) is 2.44. The minimum atomic E-state index is -0.339. The van der Waals surface area contributed by atoms with Crippen LogP contribution in [0.15, 0.2) is 6.20 Å². The van der Waals surface area contributed by atoms with Crippen molar-refractivity contribution in [3.05, 3.63) is 17.5 Å². The summed E-state index contributed by atoms with van der Waals surface area (Å²) in [4.78, 5) is 2.12. The van der Waals surface area contributed by atoms with Crippen molar-refractivity contribution in [1.82, 2.24) is 15.1 Å². The Morgan fingerprint density at radius 1 is 1.83 bits per heavy atom. The van der Waals surface area contributed by atoms with Gasteiger partial charge in [-0.2, -0.15) is 5.10 Å². The molecule has 2 N–H and O–H groups in total. The van der Waals surface area contributed by atoms with Crippen molar-refractivity contribution in [2.45, 2.75) is 25.6 Å². The zero-order valence-corrected chi connectivity index (χ0v) is 7.28. The van der Waals surface area contributed by atoms with Gasteiger partial charge in [-0.25, -0.2) is 0 Å². The lowest BCUT2D eigenvalue weighted by Crippen LogP contribution is -2.26. The van der Waals surface area contributed by atoms with Crippen LogP contribution >= 0.6 is 0 Å². The molecule has 1 aromatic heterocycles. The topological polar surface area (TPSA) is 52.2 Å². The number of fused-ring (bicyclic) bond motifs is 1. The molecule has 1 aliphatic heterocycles. The second kappa shape index (κ2) is 2.57. The number of H-pyrrole nitrogens is 1. The predicted octanol–water partition coefficient (Wildman–Crippen LogP) is 0.277. The maximum atomic E-state index is 9.50. The van der Waals surface area contributed by atoms with E-state index in [1.807, 2.05) is 14.0 Å². The molecule has 0 aliphatic carbocycles. The number of aromatic amines is 1. The van der Waals surface area contributed by atoms with Crippen LogP contribution in [0, 0.1) is 0 Å². The highest BCUT2D eigenvalue weighted by molar-refractivity contribution is 5.26. The third kappa shape index (κ3) is 0.956. The van der Waals surface area contributed by atoms with E-state index in [4.69, 9.17) is 0 Å². The van der Waals surface area contributed by atoms with E-state index in [0.717, 1.165) is 17.8 Å². The standard InChI is InChI=1S/C8H13N3O/c1-5(12)8-6-3-9-10-7(6)4-11(8)2/h3,5,8,12H,4H2,1-2H3,(H,9,10). The number of aliphatic hydroxyl groups excluding tert-OH is 1. The van der Waals surface area contributed by atoms with Gasteiger partial charge in [-0.3, -0.25) is 10.00 Å². The number of aliphatic hydroxyl groups is 1. The summed E-state index contributed by atoms with van der Waals surface area (Å²) < 4.78 is 0. The number of rotatable bonds is 1.